The summed E-state index contributed by atoms with van der Waals surface area (Å²) in [5, 5.41) is 0. The Morgan fingerprint density at radius 3 is 2.61 bits per heavy atom. The van der Waals surface area contributed by atoms with Gasteiger partial charge in [-0.15, -0.1) is 0 Å². The number of ether oxygens (including phenoxy) is 1. The number of carbonyl (C=O) groups is 1. The summed E-state index contributed by atoms with van der Waals surface area (Å²) >= 11 is 0. The van der Waals surface area contributed by atoms with E-state index < -0.39 is 0 Å². The number of amides is 2. The first-order valence-corrected chi connectivity index (χ1v) is 6.15. The Morgan fingerprint density at radius 1 is 1.28 bits per heavy atom. The monoisotopic (exact) mass is 249 g/mol. The molecule has 0 bridgehead atoms. The van der Waals surface area contributed by atoms with Crippen LogP contribution in [0.1, 0.15) is 6.42 Å². The van der Waals surface area contributed by atoms with Crippen LogP contribution in [0.2, 0.25) is 0 Å². The number of nitrogen functional groups attached to an aromatic ring is 1. The summed E-state index contributed by atoms with van der Waals surface area (Å²) in [5.41, 5.74) is 6.32. The number of likely N-dealkylation sites (N-methyl/N-ethyl adjacent to an activating group) is 1. The van der Waals surface area contributed by atoms with Crippen molar-refractivity contribution in [2.24, 2.45) is 0 Å². The van der Waals surface area contributed by atoms with Crippen molar-refractivity contribution < 1.29 is 9.53 Å². The lowest BCUT2D eigenvalue weighted by atomic mass is 10.3. The summed E-state index contributed by atoms with van der Waals surface area (Å²) in [6, 6.07) is 7.44. The predicted molar refractivity (Wildman–Crippen MR) is 70.6 cm³/mol. The van der Waals surface area contributed by atoms with E-state index in [2.05, 4.69) is 0 Å². The number of hydrogen-bond donors (Lipinski definition) is 1. The maximum atomic E-state index is 11.6. The average molecular weight is 249 g/mol. The molecule has 0 aliphatic carbocycles. The molecule has 1 aromatic rings. The van der Waals surface area contributed by atoms with E-state index in [4.69, 9.17) is 10.5 Å². The Labute approximate surface area is 107 Å². The quantitative estimate of drug-likeness (QED) is 0.634. The minimum absolute atomic E-state index is 0.113. The minimum Gasteiger partial charge on any atom is -0.494 e. The van der Waals surface area contributed by atoms with Crippen LogP contribution in [0.3, 0.4) is 0 Å². The normalized spacial score (nSPS) is 15.3. The molecule has 98 valence electrons. The lowest BCUT2D eigenvalue weighted by molar-refractivity contribution is 0.194. The first-order valence-electron chi connectivity index (χ1n) is 6.15. The molecule has 18 heavy (non-hydrogen) atoms. The molecule has 0 saturated carbocycles. The molecule has 1 aromatic carbocycles. The lowest BCUT2D eigenvalue weighted by Gasteiger charge is -2.15. The largest absolute Gasteiger partial charge is 0.494 e. The second-order valence-electron chi connectivity index (χ2n) is 4.46. The maximum Gasteiger partial charge on any atom is 0.319 e. The smallest absolute Gasteiger partial charge is 0.319 e. The minimum atomic E-state index is 0.113. The van der Waals surface area contributed by atoms with Gasteiger partial charge in [0.15, 0.2) is 0 Å². The van der Waals surface area contributed by atoms with Gasteiger partial charge in [0.1, 0.15) is 5.75 Å². The second kappa shape index (κ2) is 5.62. The summed E-state index contributed by atoms with van der Waals surface area (Å²) < 4.78 is 5.58. The summed E-state index contributed by atoms with van der Waals surface area (Å²) in [5.74, 6) is 0.814. The summed E-state index contributed by atoms with van der Waals surface area (Å²) in [6.07, 6.45) is 0.837. The summed E-state index contributed by atoms with van der Waals surface area (Å²) in [7, 11) is 1.83. The van der Waals surface area contributed by atoms with Gasteiger partial charge in [0, 0.05) is 32.4 Å². The molecule has 1 fully saturated rings. The standard InChI is InChI=1S/C13H19N3O2/c1-15-8-9-16(13(15)17)7-2-10-18-12-5-3-11(14)4-6-12/h3-6H,2,7-10,14H2,1H3. The number of carbonyl (C=O) groups excluding carboxylic acids is 1. The SMILES string of the molecule is CN1CCN(CCCOc2ccc(N)cc2)C1=O. The van der Waals surface area contributed by atoms with Crippen LogP contribution < -0.4 is 10.5 Å². The molecule has 0 atom stereocenters. The van der Waals surface area contributed by atoms with E-state index in [-0.39, 0.29) is 6.03 Å². The van der Waals surface area contributed by atoms with Crippen LogP contribution in [-0.2, 0) is 0 Å². The van der Waals surface area contributed by atoms with Gasteiger partial charge in [-0.2, -0.15) is 0 Å². The molecule has 5 nitrogen and oxygen atoms in total. The Kier molecular flexibility index (Phi) is 3.92. The fraction of sp³-hybridized carbons (Fsp3) is 0.462. The van der Waals surface area contributed by atoms with Crippen LogP contribution in [-0.4, -0.2) is 49.1 Å². The molecule has 0 aromatic heterocycles. The maximum absolute atomic E-state index is 11.6. The van der Waals surface area contributed by atoms with Gasteiger partial charge in [-0.05, 0) is 30.7 Å². The molecule has 2 rings (SSSR count). The highest BCUT2D eigenvalue weighted by Crippen LogP contribution is 2.13. The van der Waals surface area contributed by atoms with Crippen LogP contribution in [0.4, 0.5) is 10.5 Å². The zero-order valence-corrected chi connectivity index (χ0v) is 10.6. The third-order valence-corrected chi connectivity index (χ3v) is 3.02. The highest BCUT2D eigenvalue weighted by Gasteiger charge is 2.24. The molecule has 0 radical (unpaired) electrons. The van der Waals surface area contributed by atoms with Gasteiger partial charge < -0.3 is 20.3 Å². The number of nitrogens with zero attached hydrogens (tertiary/aromatic N) is 2. The molecule has 5 heteroatoms. The van der Waals surface area contributed by atoms with Crippen molar-refractivity contribution in [3.63, 3.8) is 0 Å². The van der Waals surface area contributed by atoms with Crippen molar-refractivity contribution in [1.82, 2.24) is 9.80 Å². The molecule has 1 saturated heterocycles. The number of urea groups is 1. The number of hydrogen-bond acceptors (Lipinski definition) is 3. The van der Waals surface area contributed by atoms with Gasteiger partial charge in [0.2, 0.25) is 0 Å². The number of benzene rings is 1. The average Bonchev–Trinajstić information content (AvgIpc) is 2.68. The van der Waals surface area contributed by atoms with E-state index in [0.29, 0.717) is 6.61 Å². The molecular weight excluding hydrogens is 230 g/mol. The van der Waals surface area contributed by atoms with E-state index in [1.165, 1.54) is 0 Å². The van der Waals surface area contributed by atoms with Crippen LogP contribution in [0, 0.1) is 0 Å². The van der Waals surface area contributed by atoms with Crippen LogP contribution >= 0.6 is 0 Å². The fourth-order valence-electron chi connectivity index (χ4n) is 1.92. The Bertz CT molecular complexity index is 405. The fourth-order valence-corrected chi connectivity index (χ4v) is 1.92. The number of anilines is 1. The number of nitrogens with two attached hydrogens (primary N) is 1. The molecule has 1 heterocycles. The van der Waals surface area contributed by atoms with Gasteiger partial charge in [0.25, 0.3) is 0 Å². The van der Waals surface area contributed by atoms with Crippen molar-refractivity contribution in [3.8, 4) is 5.75 Å². The van der Waals surface area contributed by atoms with E-state index in [1.54, 1.807) is 4.90 Å². The van der Waals surface area contributed by atoms with Crippen LogP contribution in [0.25, 0.3) is 0 Å². The van der Waals surface area contributed by atoms with E-state index >= 15 is 0 Å². The van der Waals surface area contributed by atoms with Crippen molar-refractivity contribution in [2.75, 3.05) is 39.0 Å². The second-order valence-corrected chi connectivity index (χ2v) is 4.46. The van der Waals surface area contributed by atoms with Gasteiger partial charge in [-0.1, -0.05) is 0 Å². The van der Waals surface area contributed by atoms with Gasteiger partial charge >= 0.3 is 6.03 Å². The summed E-state index contributed by atoms with van der Waals surface area (Å²) in [4.78, 5) is 15.2. The Hall–Kier alpha value is -1.91. The Morgan fingerprint density at radius 2 is 2.00 bits per heavy atom. The molecule has 1 aliphatic rings. The van der Waals surface area contributed by atoms with Crippen LogP contribution in [0.5, 0.6) is 5.75 Å². The van der Waals surface area contributed by atoms with Crippen molar-refractivity contribution >= 4 is 11.7 Å². The Balaban J connectivity index is 1.67. The first kappa shape index (κ1) is 12.5. The highest BCUT2D eigenvalue weighted by atomic mass is 16.5. The third kappa shape index (κ3) is 3.06. The molecule has 0 unspecified atom stereocenters. The van der Waals surface area contributed by atoms with Crippen molar-refractivity contribution in [2.45, 2.75) is 6.42 Å². The van der Waals surface area contributed by atoms with Crippen molar-refractivity contribution in [1.29, 1.82) is 0 Å². The molecule has 2 N–H and O–H groups in total. The number of rotatable bonds is 5. The third-order valence-electron chi connectivity index (χ3n) is 3.02. The van der Waals surface area contributed by atoms with Gasteiger partial charge in [-0.3, -0.25) is 0 Å². The van der Waals surface area contributed by atoms with Crippen molar-refractivity contribution in [3.05, 3.63) is 24.3 Å². The molecule has 2 amide bonds. The van der Waals surface area contributed by atoms with Crippen LogP contribution in [0.15, 0.2) is 24.3 Å². The lowest BCUT2D eigenvalue weighted by Crippen LogP contribution is -2.30. The van der Waals surface area contributed by atoms with Gasteiger partial charge in [-0.25, -0.2) is 4.79 Å². The van der Waals surface area contributed by atoms with E-state index in [1.807, 2.05) is 36.2 Å². The van der Waals surface area contributed by atoms with E-state index in [0.717, 1.165) is 37.5 Å². The topological polar surface area (TPSA) is 58.8 Å². The predicted octanol–water partition coefficient (Wildman–Crippen LogP) is 1.41. The summed E-state index contributed by atoms with van der Waals surface area (Å²) in [6.45, 7) is 2.99. The molecular formula is C13H19N3O2. The first-order chi connectivity index (χ1) is 8.66. The van der Waals surface area contributed by atoms with E-state index in [9.17, 15) is 4.79 Å². The molecule has 0 spiro atoms. The van der Waals surface area contributed by atoms with Gasteiger partial charge in [0.05, 0.1) is 6.61 Å². The zero-order valence-electron chi connectivity index (χ0n) is 10.6. The molecule has 1 aliphatic heterocycles. The zero-order chi connectivity index (χ0) is 13.0. The highest BCUT2D eigenvalue weighted by molar-refractivity contribution is 5.76.